The third-order valence-electron chi connectivity index (χ3n) is 5.06. The molecule has 1 heterocycles. The van der Waals surface area contributed by atoms with Crippen molar-refractivity contribution in [2.75, 3.05) is 0 Å². The van der Waals surface area contributed by atoms with Crippen LogP contribution in [0.5, 0.6) is 0 Å². The maximum atomic E-state index is 13.6. The molecule has 0 amide bonds. The van der Waals surface area contributed by atoms with E-state index >= 15 is 0 Å². The smallest absolute Gasteiger partial charge is 0.326 e. The van der Waals surface area contributed by atoms with Gasteiger partial charge in [-0.05, 0) is 63.8 Å². The summed E-state index contributed by atoms with van der Waals surface area (Å²) in [5, 5.41) is 0.484. The van der Waals surface area contributed by atoms with E-state index in [1.165, 1.54) is 18.9 Å². The third kappa shape index (κ3) is 10.2. The largest absolute Gasteiger partial charge is 0.456 e. The molecule has 8 heteroatoms. The molecule has 0 spiro atoms. The van der Waals surface area contributed by atoms with E-state index in [1.807, 2.05) is 65.1 Å². The molecule has 1 rings (SSSR count). The lowest BCUT2D eigenvalue weighted by Crippen LogP contribution is -2.50. The molecule has 1 aromatic heterocycles. The number of allylic oxidation sites excluding steroid dienone is 6. The molecule has 0 radical (unpaired) electrons. The van der Waals surface area contributed by atoms with E-state index in [2.05, 4.69) is 22.9 Å². The number of H-pyrrole nitrogens is 1. The van der Waals surface area contributed by atoms with E-state index in [-0.39, 0.29) is 5.12 Å². The fourth-order valence-electron chi connectivity index (χ4n) is 3.28. The van der Waals surface area contributed by atoms with Gasteiger partial charge in [-0.2, -0.15) is 0 Å². The molecular weight excluding hydrogens is 500 g/mol. The highest BCUT2D eigenvalue weighted by molar-refractivity contribution is 8.14. The van der Waals surface area contributed by atoms with Gasteiger partial charge >= 0.3 is 5.97 Å². The number of aryl methyl sites for hydroxylation is 1. The molecule has 0 bridgehead atoms. The van der Waals surface area contributed by atoms with Crippen molar-refractivity contribution in [1.29, 1.82) is 0 Å². The Morgan fingerprint density at radius 1 is 1.23 bits per heavy atom. The number of aromatic nitrogens is 1. The van der Waals surface area contributed by atoms with E-state index < -0.39 is 22.9 Å². The standard InChI is InChI=1S/C27H35ClN2O3S2/c1-9-12-18(4)24(15-22-19(5)16-29-17-23(22)28)33-26(32)25(27(7,8)34-20(6)31)30-35-21(13-10-2)14-11-3/h9-14,16-17,24-25,30H,1-2,15H2,3-8H3/p+1/b14-11-,18-12+,21-13+. The number of esters is 1. The van der Waals surface area contributed by atoms with Crippen LogP contribution in [0.15, 0.2) is 72.5 Å². The highest BCUT2D eigenvalue weighted by atomic mass is 35.5. The Hall–Kier alpha value is -2.06. The normalized spacial score (nSPS) is 14.5. The maximum absolute atomic E-state index is 13.6. The van der Waals surface area contributed by atoms with Gasteiger partial charge in [-0.1, -0.05) is 66.9 Å². The summed E-state index contributed by atoms with van der Waals surface area (Å²) in [5.74, 6) is -0.465. The zero-order chi connectivity index (χ0) is 26.6. The first-order valence-corrected chi connectivity index (χ1v) is 13.2. The van der Waals surface area contributed by atoms with Gasteiger partial charge in [-0.15, -0.1) is 0 Å². The average molecular weight is 536 g/mol. The van der Waals surface area contributed by atoms with Crippen molar-refractivity contribution < 1.29 is 19.3 Å². The summed E-state index contributed by atoms with van der Waals surface area (Å²) in [6, 6.07) is -0.792. The minimum absolute atomic E-state index is 0.0860. The highest BCUT2D eigenvalue weighted by Crippen LogP contribution is 2.32. The minimum atomic E-state index is -0.792. The Morgan fingerprint density at radius 2 is 1.89 bits per heavy atom. The second-order valence-corrected chi connectivity index (χ2v) is 11.5. The molecule has 1 aromatic rings. The second-order valence-electron chi connectivity index (χ2n) is 8.40. The lowest BCUT2D eigenvalue weighted by molar-refractivity contribution is -0.378. The molecule has 2 atom stereocenters. The van der Waals surface area contributed by atoms with Crippen LogP contribution >= 0.6 is 35.3 Å². The van der Waals surface area contributed by atoms with Crippen LogP contribution in [0, 0.1) is 6.92 Å². The van der Waals surface area contributed by atoms with E-state index in [1.54, 1.807) is 18.3 Å². The Kier molecular flexibility index (Phi) is 13.4. The van der Waals surface area contributed by atoms with E-state index in [9.17, 15) is 9.59 Å². The Morgan fingerprint density at radius 3 is 2.43 bits per heavy atom. The van der Waals surface area contributed by atoms with Crippen LogP contribution in [0.3, 0.4) is 0 Å². The summed E-state index contributed by atoms with van der Waals surface area (Å²) in [4.78, 5) is 29.4. The van der Waals surface area contributed by atoms with Gasteiger partial charge in [0.15, 0.2) is 17.5 Å². The van der Waals surface area contributed by atoms with Crippen molar-refractivity contribution in [2.24, 2.45) is 0 Å². The number of thioether (sulfide) groups is 1. The van der Waals surface area contributed by atoms with E-state index in [0.717, 1.165) is 33.4 Å². The Balaban J connectivity index is 3.33. The summed E-state index contributed by atoms with van der Waals surface area (Å²) < 4.78 is 8.53. The van der Waals surface area contributed by atoms with E-state index in [0.29, 0.717) is 11.4 Å². The number of ether oxygens (including phenoxy) is 1. The van der Waals surface area contributed by atoms with Crippen molar-refractivity contribution >= 4 is 46.4 Å². The van der Waals surface area contributed by atoms with Crippen molar-refractivity contribution in [3.63, 3.8) is 0 Å². The summed E-state index contributed by atoms with van der Waals surface area (Å²) >= 11 is 8.82. The molecule has 0 saturated heterocycles. The molecular formula is C27H36ClN2O3S2+. The predicted octanol–water partition coefficient (Wildman–Crippen LogP) is 6.36. The lowest BCUT2D eigenvalue weighted by Gasteiger charge is -2.33. The third-order valence-corrected chi connectivity index (χ3v) is 7.30. The van der Waals surface area contributed by atoms with Crippen LogP contribution in [-0.4, -0.2) is 28.0 Å². The number of aromatic amines is 1. The first-order valence-electron chi connectivity index (χ1n) is 11.2. The summed E-state index contributed by atoms with van der Waals surface area (Å²) in [5.41, 5.74) is 2.69. The highest BCUT2D eigenvalue weighted by Gasteiger charge is 2.39. The number of pyridine rings is 1. The summed E-state index contributed by atoms with van der Waals surface area (Å²) in [6.07, 6.45) is 14.2. The molecule has 190 valence electrons. The second kappa shape index (κ2) is 15.1. The zero-order valence-electron chi connectivity index (χ0n) is 21.3. The van der Waals surface area contributed by atoms with Crippen molar-refractivity contribution in [1.82, 2.24) is 4.72 Å². The van der Waals surface area contributed by atoms with Gasteiger partial charge in [0.25, 0.3) is 0 Å². The molecule has 2 N–H and O–H groups in total. The number of carbonyl (C=O) groups excluding carboxylic acids is 2. The molecule has 35 heavy (non-hydrogen) atoms. The molecule has 0 fully saturated rings. The molecule has 0 aliphatic carbocycles. The minimum Gasteiger partial charge on any atom is -0.456 e. The van der Waals surface area contributed by atoms with Crippen molar-refractivity contribution in [3.05, 3.63) is 88.6 Å². The van der Waals surface area contributed by atoms with Gasteiger partial charge in [0.05, 0.1) is 0 Å². The summed E-state index contributed by atoms with van der Waals surface area (Å²) in [7, 11) is 0. The first-order chi connectivity index (χ1) is 16.5. The Labute approximate surface area is 223 Å². The van der Waals surface area contributed by atoms with Gasteiger partial charge in [-0.25, -0.2) is 9.71 Å². The number of nitrogens with one attached hydrogen (secondary N) is 2. The zero-order valence-corrected chi connectivity index (χ0v) is 23.7. The fourth-order valence-corrected chi connectivity index (χ4v) is 5.67. The van der Waals surface area contributed by atoms with Crippen LogP contribution in [0.2, 0.25) is 5.02 Å². The number of carbonyl (C=O) groups is 2. The van der Waals surface area contributed by atoms with Crippen LogP contribution in [-0.2, 0) is 20.7 Å². The van der Waals surface area contributed by atoms with Crippen molar-refractivity contribution in [3.8, 4) is 0 Å². The number of halogens is 1. The van der Waals surface area contributed by atoms with Gasteiger partial charge in [0, 0.05) is 28.6 Å². The molecule has 2 unspecified atom stereocenters. The monoisotopic (exact) mass is 535 g/mol. The molecule has 0 aliphatic rings. The fraction of sp³-hybridized carbons (Fsp3) is 0.370. The van der Waals surface area contributed by atoms with E-state index in [4.69, 9.17) is 16.3 Å². The average Bonchev–Trinajstić information content (AvgIpc) is 2.75. The topological polar surface area (TPSA) is 69.5 Å². The van der Waals surface area contributed by atoms with Crippen molar-refractivity contribution in [2.45, 2.75) is 64.9 Å². The lowest BCUT2D eigenvalue weighted by atomic mass is 9.99. The molecule has 0 aliphatic heterocycles. The number of hydrogen-bond donors (Lipinski definition) is 1. The quantitative estimate of drug-likeness (QED) is 0.180. The molecule has 5 nitrogen and oxygen atoms in total. The predicted molar refractivity (Wildman–Crippen MR) is 150 cm³/mol. The SMILES string of the molecule is C=C/C=C(\C=C/C)SNC(C(=O)OC(Cc1c(C)c[nH+]cc1Cl)/C(C)=C/C=C)C(C)(C)SC(C)=O. The van der Waals surface area contributed by atoms with Crippen LogP contribution < -0.4 is 9.71 Å². The van der Waals surface area contributed by atoms with Gasteiger partial charge in [-0.3, -0.25) is 9.59 Å². The first kappa shape index (κ1) is 31.0. The molecule has 0 saturated carbocycles. The van der Waals surface area contributed by atoms with Crippen LogP contribution in [0.4, 0.5) is 0 Å². The maximum Gasteiger partial charge on any atom is 0.326 e. The Bertz CT molecular complexity index is 995. The van der Waals surface area contributed by atoms with Gasteiger partial charge < -0.3 is 4.74 Å². The summed E-state index contributed by atoms with van der Waals surface area (Å²) in [6.45, 7) is 18.4. The van der Waals surface area contributed by atoms with Crippen LogP contribution in [0.1, 0.15) is 45.7 Å². The molecule has 0 aromatic carbocycles. The van der Waals surface area contributed by atoms with Crippen LogP contribution in [0.25, 0.3) is 0 Å². The van der Waals surface area contributed by atoms with Gasteiger partial charge in [0.2, 0.25) is 0 Å². The number of rotatable bonds is 13. The number of hydrogen-bond acceptors (Lipinski definition) is 6. The van der Waals surface area contributed by atoms with Gasteiger partial charge in [0.1, 0.15) is 17.2 Å².